The average Bonchev–Trinajstić information content (AvgIpc) is 2.84. The molecule has 0 spiro atoms. The molecule has 114 valence electrons. The quantitative estimate of drug-likeness (QED) is 0.809. The van der Waals surface area contributed by atoms with Crippen molar-refractivity contribution in [2.24, 2.45) is 7.05 Å². The molecular weight excluding hydrogens is 292 g/mol. The Bertz CT molecular complexity index is 712. The molecule has 0 fully saturated rings. The summed E-state index contributed by atoms with van der Waals surface area (Å²) in [5.74, 6) is 0.394. The summed E-state index contributed by atoms with van der Waals surface area (Å²) < 4.78 is 28.6. The van der Waals surface area contributed by atoms with E-state index in [9.17, 15) is 8.42 Å². The van der Waals surface area contributed by atoms with Crippen molar-refractivity contribution in [2.45, 2.75) is 25.3 Å². The molecule has 8 heteroatoms. The molecular formula is C13H18N4O3S. The molecule has 0 bridgehead atoms. The van der Waals surface area contributed by atoms with Gasteiger partial charge in [-0.05, 0) is 18.1 Å². The lowest BCUT2D eigenvalue weighted by atomic mass is 10.1. The predicted molar refractivity (Wildman–Crippen MR) is 77.5 cm³/mol. The fourth-order valence-corrected chi connectivity index (χ4v) is 3.43. The molecule has 2 N–H and O–H groups in total. The molecule has 1 unspecified atom stereocenters. The molecule has 1 atom stereocenters. The number of aliphatic hydroxyl groups is 1. The maximum atomic E-state index is 12.2. The van der Waals surface area contributed by atoms with E-state index in [0.717, 1.165) is 0 Å². The molecule has 1 aromatic carbocycles. The van der Waals surface area contributed by atoms with Crippen LogP contribution in [0.25, 0.3) is 0 Å². The first-order chi connectivity index (χ1) is 9.91. The van der Waals surface area contributed by atoms with Crippen molar-refractivity contribution < 1.29 is 13.5 Å². The van der Waals surface area contributed by atoms with Crippen LogP contribution in [0.3, 0.4) is 0 Å². The number of hydrogen-bond acceptors (Lipinski definition) is 5. The summed E-state index contributed by atoms with van der Waals surface area (Å²) in [5.41, 5.74) is 1.31. The monoisotopic (exact) mass is 310 g/mol. The minimum atomic E-state index is -3.51. The van der Waals surface area contributed by atoms with Gasteiger partial charge in [0.25, 0.3) is 0 Å². The number of aromatic nitrogens is 3. The van der Waals surface area contributed by atoms with Crippen molar-refractivity contribution in [1.29, 1.82) is 0 Å². The maximum Gasteiger partial charge on any atom is 0.216 e. The number of aliphatic hydroxyl groups excluding tert-OH is 1. The highest BCUT2D eigenvalue weighted by molar-refractivity contribution is 7.88. The fourth-order valence-electron chi connectivity index (χ4n) is 2.09. The summed E-state index contributed by atoms with van der Waals surface area (Å²) in [5, 5.41) is 16.7. The number of aryl methyl sites for hydroxylation is 1. The third kappa shape index (κ3) is 4.10. The van der Waals surface area contributed by atoms with E-state index in [-0.39, 0.29) is 12.4 Å². The Hall–Kier alpha value is -1.77. The predicted octanol–water partition coefficient (Wildman–Crippen LogP) is 0.488. The normalized spacial score (nSPS) is 13.3. The van der Waals surface area contributed by atoms with Gasteiger partial charge in [-0.3, -0.25) is 0 Å². The standard InChI is InChI=1S/C13H18N4O3S/c1-10(13-15-14-9-17(13)2)16-21(19,20)8-12-5-3-4-11(6-12)7-18/h3-6,9-10,16,18H,7-8H2,1-2H3. The van der Waals surface area contributed by atoms with E-state index in [1.807, 2.05) is 0 Å². The molecule has 2 rings (SSSR count). The Morgan fingerprint density at radius 1 is 1.38 bits per heavy atom. The molecule has 0 amide bonds. The van der Waals surface area contributed by atoms with Crippen molar-refractivity contribution in [1.82, 2.24) is 19.5 Å². The Kier molecular flexibility index (Phi) is 4.71. The van der Waals surface area contributed by atoms with Crippen LogP contribution >= 0.6 is 0 Å². The molecule has 0 aliphatic heterocycles. The van der Waals surface area contributed by atoms with E-state index in [1.54, 1.807) is 42.8 Å². The highest BCUT2D eigenvalue weighted by Gasteiger charge is 2.19. The lowest BCUT2D eigenvalue weighted by Gasteiger charge is -2.13. The Morgan fingerprint density at radius 3 is 2.71 bits per heavy atom. The molecule has 0 saturated carbocycles. The fraction of sp³-hybridized carbons (Fsp3) is 0.385. The van der Waals surface area contributed by atoms with Gasteiger partial charge in [0.1, 0.15) is 12.2 Å². The number of nitrogens with one attached hydrogen (secondary N) is 1. The van der Waals surface area contributed by atoms with Gasteiger partial charge in [-0.25, -0.2) is 13.1 Å². The summed E-state index contributed by atoms with van der Waals surface area (Å²) >= 11 is 0. The molecule has 0 aliphatic rings. The molecule has 2 aromatic rings. The van der Waals surface area contributed by atoms with Gasteiger partial charge >= 0.3 is 0 Å². The largest absolute Gasteiger partial charge is 0.392 e. The van der Waals surface area contributed by atoms with E-state index in [2.05, 4.69) is 14.9 Å². The van der Waals surface area contributed by atoms with Crippen LogP contribution in [0.5, 0.6) is 0 Å². The first kappa shape index (κ1) is 15.6. The van der Waals surface area contributed by atoms with E-state index in [0.29, 0.717) is 17.0 Å². The summed E-state index contributed by atoms with van der Waals surface area (Å²) in [6.45, 7) is 1.60. The zero-order chi connectivity index (χ0) is 15.5. The second kappa shape index (κ2) is 6.33. The number of nitrogens with zero attached hydrogens (tertiary/aromatic N) is 3. The zero-order valence-corrected chi connectivity index (χ0v) is 12.7. The first-order valence-electron chi connectivity index (χ1n) is 6.44. The highest BCUT2D eigenvalue weighted by atomic mass is 32.2. The Balaban J connectivity index is 2.10. The van der Waals surface area contributed by atoms with Crippen molar-refractivity contribution in [3.63, 3.8) is 0 Å². The number of sulfonamides is 1. The molecule has 7 nitrogen and oxygen atoms in total. The van der Waals surface area contributed by atoms with Crippen LogP contribution in [0.2, 0.25) is 0 Å². The van der Waals surface area contributed by atoms with Crippen LogP contribution in [0.4, 0.5) is 0 Å². The second-order valence-corrected chi connectivity index (χ2v) is 6.63. The Labute approximate surface area is 123 Å². The highest BCUT2D eigenvalue weighted by Crippen LogP contribution is 2.13. The Morgan fingerprint density at radius 2 is 2.10 bits per heavy atom. The first-order valence-corrected chi connectivity index (χ1v) is 8.09. The van der Waals surface area contributed by atoms with Crippen LogP contribution in [-0.4, -0.2) is 28.3 Å². The van der Waals surface area contributed by atoms with Gasteiger partial charge in [0.15, 0.2) is 0 Å². The minimum absolute atomic E-state index is 0.114. The van der Waals surface area contributed by atoms with Crippen molar-refractivity contribution >= 4 is 10.0 Å². The van der Waals surface area contributed by atoms with Crippen LogP contribution in [0.1, 0.15) is 29.9 Å². The minimum Gasteiger partial charge on any atom is -0.392 e. The zero-order valence-electron chi connectivity index (χ0n) is 11.9. The lowest BCUT2D eigenvalue weighted by Crippen LogP contribution is -2.29. The van der Waals surface area contributed by atoms with Crippen LogP contribution in [-0.2, 0) is 29.4 Å². The molecule has 0 radical (unpaired) electrons. The SMILES string of the molecule is CC(NS(=O)(=O)Cc1cccc(CO)c1)c1nncn1C. The van der Waals surface area contributed by atoms with E-state index < -0.39 is 16.1 Å². The van der Waals surface area contributed by atoms with Gasteiger partial charge in [0.2, 0.25) is 10.0 Å². The van der Waals surface area contributed by atoms with E-state index >= 15 is 0 Å². The van der Waals surface area contributed by atoms with Crippen molar-refractivity contribution in [2.75, 3.05) is 0 Å². The van der Waals surface area contributed by atoms with Gasteiger partial charge in [0, 0.05) is 7.05 Å². The van der Waals surface area contributed by atoms with Gasteiger partial charge in [-0.1, -0.05) is 24.3 Å². The van der Waals surface area contributed by atoms with Crippen LogP contribution < -0.4 is 4.72 Å². The van der Waals surface area contributed by atoms with Gasteiger partial charge < -0.3 is 9.67 Å². The molecule has 1 aromatic heterocycles. The molecule has 1 heterocycles. The molecule has 0 saturated heterocycles. The average molecular weight is 310 g/mol. The smallest absolute Gasteiger partial charge is 0.216 e. The van der Waals surface area contributed by atoms with Gasteiger partial charge in [0.05, 0.1) is 18.4 Å². The van der Waals surface area contributed by atoms with E-state index in [4.69, 9.17) is 5.11 Å². The number of benzene rings is 1. The van der Waals surface area contributed by atoms with Gasteiger partial charge in [-0.2, -0.15) is 0 Å². The third-order valence-corrected chi connectivity index (χ3v) is 4.45. The summed E-state index contributed by atoms with van der Waals surface area (Å²) in [6.07, 6.45) is 1.52. The second-order valence-electron chi connectivity index (χ2n) is 4.88. The summed E-state index contributed by atoms with van der Waals surface area (Å²) in [4.78, 5) is 0. The van der Waals surface area contributed by atoms with Crippen LogP contribution in [0, 0.1) is 0 Å². The lowest BCUT2D eigenvalue weighted by molar-refractivity contribution is 0.282. The topological polar surface area (TPSA) is 97.1 Å². The maximum absolute atomic E-state index is 12.2. The molecule has 0 aliphatic carbocycles. The summed E-state index contributed by atoms with van der Waals surface area (Å²) in [6, 6.07) is 6.38. The van der Waals surface area contributed by atoms with E-state index in [1.165, 1.54) is 6.33 Å². The number of rotatable bonds is 6. The summed E-state index contributed by atoms with van der Waals surface area (Å²) in [7, 11) is -1.76. The van der Waals surface area contributed by atoms with Gasteiger partial charge in [-0.15, -0.1) is 10.2 Å². The molecule has 21 heavy (non-hydrogen) atoms. The van der Waals surface area contributed by atoms with Crippen LogP contribution in [0.15, 0.2) is 30.6 Å². The number of hydrogen-bond donors (Lipinski definition) is 2. The van der Waals surface area contributed by atoms with Crippen molar-refractivity contribution in [3.05, 3.63) is 47.5 Å². The third-order valence-electron chi connectivity index (χ3n) is 3.02. The van der Waals surface area contributed by atoms with Crippen molar-refractivity contribution in [3.8, 4) is 0 Å².